The van der Waals surface area contributed by atoms with Gasteiger partial charge in [0, 0.05) is 19.2 Å². The van der Waals surface area contributed by atoms with Crippen molar-refractivity contribution in [2.24, 2.45) is 11.7 Å². The van der Waals surface area contributed by atoms with Gasteiger partial charge in [0.05, 0.1) is 16.5 Å². The van der Waals surface area contributed by atoms with Gasteiger partial charge in [-0.2, -0.15) is 0 Å². The Kier molecular flexibility index (Phi) is 4.69. The number of nitrogens with zero attached hydrogens (tertiary/aromatic N) is 1. The van der Waals surface area contributed by atoms with Crippen molar-refractivity contribution in [2.45, 2.75) is 11.3 Å². The lowest BCUT2D eigenvalue weighted by Crippen LogP contribution is -2.44. The summed E-state index contributed by atoms with van der Waals surface area (Å²) < 4.78 is 27.5. The fourth-order valence-electron chi connectivity index (χ4n) is 3.02. The molecule has 0 unspecified atom stereocenters. The van der Waals surface area contributed by atoms with E-state index in [1.807, 2.05) is 0 Å². The summed E-state index contributed by atoms with van der Waals surface area (Å²) in [5.41, 5.74) is 7.09. The molecule has 0 bridgehead atoms. The third-order valence-corrected chi connectivity index (χ3v) is 6.24. The molecule has 3 rings (SSSR count). The maximum absolute atomic E-state index is 13.1. The molecule has 8 heteroatoms. The first-order valence-electron chi connectivity index (χ1n) is 8.06. The molecule has 7 nitrogen and oxygen atoms in total. The second-order valence-corrected chi connectivity index (χ2v) is 7.93. The normalized spacial score (nSPS) is 16.7. The Bertz CT molecular complexity index is 955. The molecule has 1 heterocycles. The number of nitrogens with two attached hydrogens (primary N) is 1. The third kappa shape index (κ3) is 3.15. The van der Waals surface area contributed by atoms with Crippen LogP contribution < -0.4 is 15.4 Å². The Morgan fingerprint density at radius 2 is 1.77 bits per heavy atom. The number of anilines is 1. The third-order valence-electron chi connectivity index (χ3n) is 4.45. The highest BCUT2D eigenvalue weighted by Crippen LogP contribution is 2.34. The highest BCUT2D eigenvalue weighted by molar-refractivity contribution is 7.92. The molecule has 136 valence electrons. The predicted molar refractivity (Wildman–Crippen MR) is 97.2 cm³/mol. The molecule has 0 saturated carbocycles. The molecule has 1 aliphatic rings. The van der Waals surface area contributed by atoms with Gasteiger partial charge in [-0.05, 0) is 42.3 Å². The van der Waals surface area contributed by atoms with Gasteiger partial charge in [-0.3, -0.25) is 13.9 Å². The van der Waals surface area contributed by atoms with Crippen LogP contribution >= 0.6 is 0 Å². The molecule has 3 N–H and O–H groups in total. The van der Waals surface area contributed by atoms with Crippen molar-refractivity contribution in [2.75, 3.05) is 17.9 Å². The van der Waals surface area contributed by atoms with Crippen LogP contribution in [0.3, 0.4) is 0 Å². The Morgan fingerprint density at radius 3 is 2.38 bits per heavy atom. The van der Waals surface area contributed by atoms with Crippen LogP contribution in [-0.2, 0) is 21.2 Å². The van der Waals surface area contributed by atoms with Crippen molar-refractivity contribution in [3.05, 3.63) is 59.7 Å². The van der Waals surface area contributed by atoms with Gasteiger partial charge >= 0.3 is 0 Å². The molecule has 2 aromatic carbocycles. The topological polar surface area (TPSA) is 110 Å². The summed E-state index contributed by atoms with van der Waals surface area (Å²) in [6.07, 6.45) is 0.410. The molecule has 1 atom stereocenters. The van der Waals surface area contributed by atoms with Crippen LogP contribution in [0, 0.1) is 5.92 Å². The van der Waals surface area contributed by atoms with E-state index in [1.165, 1.54) is 35.6 Å². The van der Waals surface area contributed by atoms with Crippen molar-refractivity contribution >= 4 is 27.5 Å². The number of nitrogens with one attached hydrogen (secondary N) is 1. The summed E-state index contributed by atoms with van der Waals surface area (Å²) >= 11 is 0. The molecule has 1 aliphatic heterocycles. The number of hydrogen-bond donors (Lipinski definition) is 2. The van der Waals surface area contributed by atoms with Gasteiger partial charge in [-0.1, -0.05) is 18.2 Å². The largest absolute Gasteiger partial charge is 0.369 e. The quantitative estimate of drug-likeness (QED) is 0.830. The van der Waals surface area contributed by atoms with Crippen molar-refractivity contribution < 1.29 is 18.0 Å². The number of rotatable bonds is 4. The van der Waals surface area contributed by atoms with E-state index in [9.17, 15) is 18.0 Å². The van der Waals surface area contributed by atoms with Crippen molar-refractivity contribution in [3.8, 4) is 0 Å². The average molecular weight is 373 g/mol. The highest BCUT2D eigenvalue weighted by atomic mass is 32.2. The van der Waals surface area contributed by atoms with E-state index in [2.05, 4.69) is 5.32 Å². The van der Waals surface area contributed by atoms with E-state index in [-0.39, 0.29) is 17.3 Å². The molecule has 0 fully saturated rings. The fourth-order valence-corrected chi connectivity index (χ4v) is 4.57. The number of hydrogen-bond acceptors (Lipinski definition) is 4. The highest BCUT2D eigenvalue weighted by Gasteiger charge is 2.35. The van der Waals surface area contributed by atoms with Gasteiger partial charge in [0.1, 0.15) is 0 Å². The number of benzene rings is 2. The molecular formula is C18H19N3O4S. The van der Waals surface area contributed by atoms with Crippen LogP contribution in [0.1, 0.15) is 15.9 Å². The number of carbonyl (C=O) groups excluding carboxylic acids is 2. The summed E-state index contributed by atoms with van der Waals surface area (Å²) in [6.45, 7) is -0.00806. The second-order valence-electron chi connectivity index (χ2n) is 6.07. The molecule has 0 aromatic heterocycles. The lowest BCUT2D eigenvalue weighted by molar-refractivity contribution is -0.121. The fraction of sp³-hybridized carbons (Fsp3) is 0.222. The Labute approximate surface area is 151 Å². The molecule has 26 heavy (non-hydrogen) atoms. The van der Waals surface area contributed by atoms with E-state index in [0.717, 1.165) is 5.56 Å². The van der Waals surface area contributed by atoms with Crippen LogP contribution in [0.15, 0.2) is 53.4 Å². The molecular weight excluding hydrogens is 354 g/mol. The predicted octanol–water partition coefficient (Wildman–Crippen LogP) is 0.899. The van der Waals surface area contributed by atoms with Gasteiger partial charge in [-0.25, -0.2) is 8.42 Å². The minimum atomic E-state index is -3.90. The van der Waals surface area contributed by atoms with E-state index >= 15 is 0 Å². The van der Waals surface area contributed by atoms with E-state index < -0.39 is 21.8 Å². The van der Waals surface area contributed by atoms with Gasteiger partial charge < -0.3 is 11.1 Å². The van der Waals surface area contributed by atoms with E-state index in [0.29, 0.717) is 17.7 Å². The number of primary amides is 1. The van der Waals surface area contributed by atoms with Crippen molar-refractivity contribution in [1.82, 2.24) is 5.32 Å². The van der Waals surface area contributed by atoms with Gasteiger partial charge in [0.2, 0.25) is 5.91 Å². The van der Waals surface area contributed by atoms with Crippen LogP contribution in [0.25, 0.3) is 0 Å². The molecule has 0 saturated heterocycles. The lowest BCUT2D eigenvalue weighted by Gasteiger charge is -2.34. The van der Waals surface area contributed by atoms with Gasteiger partial charge in [0.25, 0.3) is 15.9 Å². The van der Waals surface area contributed by atoms with E-state index in [4.69, 9.17) is 5.73 Å². The molecule has 0 radical (unpaired) electrons. The molecule has 2 aromatic rings. The maximum Gasteiger partial charge on any atom is 0.264 e. The summed E-state index contributed by atoms with van der Waals surface area (Å²) in [4.78, 5) is 23.4. The monoisotopic (exact) mass is 373 g/mol. The number of fused-ring (bicyclic) bond motifs is 1. The lowest BCUT2D eigenvalue weighted by atomic mass is 9.93. The first-order chi connectivity index (χ1) is 12.3. The Balaban J connectivity index is 2.03. The average Bonchev–Trinajstić information content (AvgIpc) is 2.66. The number of amides is 2. The number of carbonyl (C=O) groups is 2. The zero-order valence-corrected chi connectivity index (χ0v) is 15.0. The van der Waals surface area contributed by atoms with Crippen LogP contribution in [0.5, 0.6) is 0 Å². The smallest absolute Gasteiger partial charge is 0.264 e. The summed E-state index contributed by atoms with van der Waals surface area (Å²) in [5, 5.41) is 2.48. The first-order valence-corrected chi connectivity index (χ1v) is 9.50. The maximum atomic E-state index is 13.1. The van der Waals surface area contributed by atoms with Crippen molar-refractivity contribution in [1.29, 1.82) is 0 Å². The molecule has 0 aliphatic carbocycles. The zero-order chi connectivity index (χ0) is 18.9. The molecule has 2 amide bonds. The zero-order valence-electron chi connectivity index (χ0n) is 14.2. The van der Waals surface area contributed by atoms with Crippen LogP contribution in [0.2, 0.25) is 0 Å². The standard InChI is InChI=1S/C18H19N3O4S/c1-20-18(23)12-6-8-15(9-7-12)26(24,25)21-11-14(17(19)22)10-13-4-2-3-5-16(13)21/h2-9,14H,10-11H2,1H3,(H2,19,22)(H,20,23)/t14-/m1/s1. The summed E-state index contributed by atoms with van der Waals surface area (Å²) in [5.74, 6) is -1.43. The summed E-state index contributed by atoms with van der Waals surface area (Å²) in [6, 6.07) is 12.7. The minimum absolute atomic E-state index is 0.00806. The second kappa shape index (κ2) is 6.80. The van der Waals surface area contributed by atoms with Crippen LogP contribution in [-0.4, -0.2) is 33.8 Å². The van der Waals surface area contributed by atoms with Gasteiger partial charge in [-0.15, -0.1) is 0 Å². The summed E-state index contributed by atoms with van der Waals surface area (Å²) in [7, 11) is -2.40. The van der Waals surface area contributed by atoms with E-state index in [1.54, 1.807) is 24.3 Å². The first kappa shape index (κ1) is 17.9. The number of sulfonamides is 1. The Morgan fingerprint density at radius 1 is 1.12 bits per heavy atom. The molecule has 0 spiro atoms. The van der Waals surface area contributed by atoms with Gasteiger partial charge in [0.15, 0.2) is 0 Å². The minimum Gasteiger partial charge on any atom is -0.369 e. The number of para-hydroxylation sites is 1. The SMILES string of the molecule is CNC(=O)c1ccc(S(=O)(=O)N2C[C@H](C(N)=O)Cc3ccccc32)cc1. The van der Waals surface area contributed by atoms with Crippen molar-refractivity contribution in [3.63, 3.8) is 0 Å². The van der Waals surface area contributed by atoms with Crippen LogP contribution in [0.4, 0.5) is 5.69 Å². The Hall–Kier alpha value is -2.87.